The summed E-state index contributed by atoms with van der Waals surface area (Å²) in [6, 6.07) is 16.7. The van der Waals surface area contributed by atoms with E-state index < -0.39 is 10.0 Å². The highest BCUT2D eigenvalue weighted by atomic mass is 32.2. The fraction of sp³-hybridized carbons (Fsp3) is 0.250. The van der Waals surface area contributed by atoms with Gasteiger partial charge in [0, 0.05) is 62.9 Å². The van der Waals surface area contributed by atoms with Gasteiger partial charge in [0.2, 0.25) is 16.0 Å². The number of nitrogens with zero attached hydrogens (tertiary/aromatic N) is 5. The second-order valence-corrected chi connectivity index (χ2v) is 10.0. The van der Waals surface area contributed by atoms with E-state index in [1.807, 2.05) is 66.4 Å². The first-order valence-electron chi connectivity index (χ1n) is 10.8. The summed E-state index contributed by atoms with van der Waals surface area (Å²) in [5.41, 5.74) is 1.69. The Balaban J connectivity index is 1.39. The van der Waals surface area contributed by atoms with E-state index in [0.717, 1.165) is 16.5 Å². The van der Waals surface area contributed by atoms with Crippen molar-refractivity contribution >= 4 is 32.4 Å². The normalized spacial score (nSPS) is 15.2. The van der Waals surface area contributed by atoms with Crippen LogP contribution in [0.1, 0.15) is 0 Å². The molecule has 0 aliphatic carbocycles. The molecule has 0 unspecified atom stereocenters. The number of hydrogen-bond acceptors (Lipinski definition) is 7. The lowest BCUT2D eigenvalue weighted by Gasteiger charge is -2.34. The van der Waals surface area contributed by atoms with Gasteiger partial charge in [0.05, 0.1) is 11.2 Å². The summed E-state index contributed by atoms with van der Waals surface area (Å²) in [5.74, 6) is 1.25. The van der Waals surface area contributed by atoms with Crippen LogP contribution in [0.15, 0.2) is 76.4 Å². The molecule has 1 aliphatic heterocycles. The molecule has 1 fully saturated rings. The number of benzene rings is 2. The Labute approximate surface area is 193 Å². The first-order valence-corrected chi connectivity index (χ1v) is 12.2. The lowest BCUT2D eigenvalue weighted by atomic mass is 10.1. The van der Waals surface area contributed by atoms with E-state index in [2.05, 4.69) is 9.97 Å². The quantitative estimate of drug-likeness (QED) is 0.448. The predicted octanol–water partition coefficient (Wildman–Crippen LogP) is 3.47. The number of sulfonamides is 1. The molecule has 1 saturated heterocycles. The molecule has 170 valence electrons. The molecule has 0 bridgehead atoms. The molecular weight excluding hydrogens is 438 g/mol. The molecule has 0 saturated carbocycles. The maximum atomic E-state index is 13.6. The molecule has 0 atom stereocenters. The van der Waals surface area contributed by atoms with Gasteiger partial charge in [-0.15, -0.1) is 0 Å². The van der Waals surface area contributed by atoms with Crippen LogP contribution < -0.4 is 9.80 Å². The Kier molecular flexibility index (Phi) is 5.51. The SMILES string of the molecule is CN(C)c1cccc2c(S(=O)(=O)N3CCN(c4nccc(-c5ccco5)n4)CC3)cccc12. The van der Waals surface area contributed by atoms with Gasteiger partial charge in [-0.25, -0.2) is 18.4 Å². The smallest absolute Gasteiger partial charge is 0.243 e. The van der Waals surface area contributed by atoms with Gasteiger partial charge in [0.1, 0.15) is 5.69 Å². The largest absolute Gasteiger partial charge is 0.463 e. The zero-order chi connectivity index (χ0) is 23.0. The van der Waals surface area contributed by atoms with Crippen molar-refractivity contribution in [2.75, 3.05) is 50.1 Å². The van der Waals surface area contributed by atoms with Crippen molar-refractivity contribution in [3.05, 3.63) is 67.1 Å². The average molecular weight is 464 g/mol. The maximum absolute atomic E-state index is 13.6. The highest BCUT2D eigenvalue weighted by Gasteiger charge is 2.30. The molecule has 0 amide bonds. The van der Waals surface area contributed by atoms with Crippen molar-refractivity contribution in [2.45, 2.75) is 4.90 Å². The molecule has 1 aliphatic rings. The third kappa shape index (κ3) is 3.94. The number of aromatic nitrogens is 2. The molecule has 33 heavy (non-hydrogen) atoms. The predicted molar refractivity (Wildman–Crippen MR) is 129 cm³/mol. The third-order valence-corrected chi connectivity index (χ3v) is 7.85. The lowest BCUT2D eigenvalue weighted by molar-refractivity contribution is 0.383. The number of fused-ring (bicyclic) bond motifs is 1. The summed E-state index contributed by atoms with van der Waals surface area (Å²) in [7, 11) is 0.265. The Morgan fingerprint density at radius 3 is 2.39 bits per heavy atom. The number of furan rings is 1. The highest BCUT2D eigenvalue weighted by Crippen LogP contribution is 2.32. The van der Waals surface area contributed by atoms with Crippen LogP contribution in [0.5, 0.6) is 0 Å². The van der Waals surface area contributed by atoms with Crippen LogP contribution in [0.2, 0.25) is 0 Å². The van der Waals surface area contributed by atoms with Gasteiger partial charge >= 0.3 is 0 Å². The summed E-state index contributed by atoms with van der Waals surface area (Å²) in [5, 5.41) is 1.66. The number of hydrogen-bond donors (Lipinski definition) is 0. The van der Waals surface area contributed by atoms with Crippen LogP contribution in [0, 0.1) is 0 Å². The molecule has 4 aromatic rings. The van der Waals surface area contributed by atoms with Crippen LogP contribution in [0.25, 0.3) is 22.2 Å². The molecule has 5 rings (SSSR count). The van der Waals surface area contributed by atoms with Gasteiger partial charge in [-0.05, 0) is 30.3 Å². The van der Waals surface area contributed by atoms with E-state index in [4.69, 9.17) is 4.42 Å². The first-order chi connectivity index (χ1) is 15.9. The molecule has 3 heterocycles. The van der Waals surface area contributed by atoms with E-state index in [0.29, 0.717) is 48.5 Å². The number of anilines is 2. The van der Waals surface area contributed by atoms with Gasteiger partial charge in [0.25, 0.3) is 0 Å². The topological polar surface area (TPSA) is 82.8 Å². The van der Waals surface area contributed by atoms with Crippen LogP contribution in [0.4, 0.5) is 11.6 Å². The Morgan fingerprint density at radius 1 is 0.909 bits per heavy atom. The Hall–Kier alpha value is -3.43. The summed E-state index contributed by atoms with van der Waals surface area (Å²) in [4.78, 5) is 13.3. The van der Waals surface area contributed by atoms with Crippen molar-refractivity contribution in [2.24, 2.45) is 0 Å². The van der Waals surface area contributed by atoms with Gasteiger partial charge < -0.3 is 14.2 Å². The fourth-order valence-corrected chi connectivity index (χ4v) is 5.84. The van der Waals surface area contributed by atoms with Gasteiger partial charge in [-0.2, -0.15) is 4.31 Å². The molecule has 0 spiro atoms. The summed E-state index contributed by atoms with van der Waals surface area (Å²) in [6.07, 6.45) is 3.30. The molecule has 2 aromatic carbocycles. The van der Waals surface area contributed by atoms with Gasteiger partial charge in [-0.3, -0.25) is 0 Å². The van der Waals surface area contributed by atoms with Crippen LogP contribution >= 0.6 is 0 Å². The maximum Gasteiger partial charge on any atom is 0.243 e. The van der Waals surface area contributed by atoms with E-state index in [9.17, 15) is 8.42 Å². The first kappa shape index (κ1) is 21.4. The number of rotatable bonds is 5. The standard InChI is InChI=1S/C24H25N5O3S/c1-27(2)21-8-3-7-19-18(21)6-4-10-23(19)33(30,31)29-15-13-28(14-16-29)24-25-12-11-20(26-24)22-9-5-17-32-22/h3-12,17H,13-16H2,1-2H3. The van der Waals surface area contributed by atoms with Crippen molar-refractivity contribution in [3.63, 3.8) is 0 Å². The van der Waals surface area contributed by atoms with E-state index in [1.54, 1.807) is 28.9 Å². The minimum Gasteiger partial charge on any atom is -0.463 e. The molecule has 2 aromatic heterocycles. The molecular formula is C24H25N5O3S. The highest BCUT2D eigenvalue weighted by molar-refractivity contribution is 7.89. The van der Waals surface area contributed by atoms with Crippen LogP contribution in [-0.2, 0) is 10.0 Å². The van der Waals surface area contributed by atoms with E-state index in [1.165, 1.54) is 0 Å². The Morgan fingerprint density at radius 2 is 1.67 bits per heavy atom. The molecule has 8 nitrogen and oxygen atoms in total. The van der Waals surface area contributed by atoms with Gasteiger partial charge in [-0.1, -0.05) is 24.3 Å². The van der Waals surface area contributed by atoms with Crippen molar-refractivity contribution in [3.8, 4) is 11.5 Å². The number of piperazine rings is 1. The van der Waals surface area contributed by atoms with E-state index in [-0.39, 0.29) is 0 Å². The monoisotopic (exact) mass is 463 g/mol. The van der Waals surface area contributed by atoms with E-state index >= 15 is 0 Å². The molecule has 9 heteroatoms. The minimum atomic E-state index is -3.65. The molecule has 0 N–H and O–H groups in total. The minimum absolute atomic E-state index is 0.341. The Bertz CT molecular complexity index is 1380. The van der Waals surface area contributed by atoms with Crippen LogP contribution in [0.3, 0.4) is 0 Å². The van der Waals surface area contributed by atoms with Crippen molar-refractivity contribution in [1.82, 2.24) is 14.3 Å². The third-order valence-electron chi connectivity index (χ3n) is 5.90. The molecule has 0 radical (unpaired) electrons. The van der Waals surface area contributed by atoms with Gasteiger partial charge in [0.15, 0.2) is 5.76 Å². The fourth-order valence-electron chi connectivity index (χ4n) is 4.21. The lowest BCUT2D eigenvalue weighted by Crippen LogP contribution is -2.49. The average Bonchev–Trinajstić information content (AvgIpc) is 3.38. The zero-order valence-electron chi connectivity index (χ0n) is 18.5. The summed E-state index contributed by atoms with van der Waals surface area (Å²) >= 11 is 0. The summed E-state index contributed by atoms with van der Waals surface area (Å²) in [6.45, 7) is 1.74. The summed E-state index contributed by atoms with van der Waals surface area (Å²) < 4.78 is 34.2. The zero-order valence-corrected chi connectivity index (χ0v) is 19.4. The van der Waals surface area contributed by atoms with Crippen LogP contribution in [-0.4, -0.2) is 63.0 Å². The second kappa shape index (κ2) is 8.49. The van der Waals surface area contributed by atoms with Crippen molar-refractivity contribution in [1.29, 1.82) is 0 Å². The van der Waals surface area contributed by atoms with Crippen molar-refractivity contribution < 1.29 is 12.8 Å². The second-order valence-electron chi connectivity index (χ2n) is 8.13.